The average molecular weight is 428 g/mol. The number of nitro groups is 1. The zero-order valence-corrected chi connectivity index (χ0v) is 15.8. The maximum atomic E-state index is 12.3. The first-order chi connectivity index (χ1) is 13.0. The Labute approximate surface area is 163 Å². The molecule has 0 aliphatic heterocycles. The zero-order valence-electron chi connectivity index (χ0n) is 14.3. The first-order valence-electron chi connectivity index (χ1n) is 8.04. The van der Waals surface area contributed by atoms with Gasteiger partial charge in [0.05, 0.1) is 23.4 Å². The van der Waals surface area contributed by atoms with E-state index >= 15 is 0 Å². The summed E-state index contributed by atoms with van der Waals surface area (Å²) in [5, 5.41) is 10.9. The molecule has 136 valence electrons. The summed E-state index contributed by atoms with van der Waals surface area (Å²) in [4.78, 5) is 31.5. The minimum Gasteiger partial charge on any atom is -0.461 e. The van der Waals surface area contributed by atoms with Crippen LogP contribution in [0.3, 0.4) is 0 Å². The Bertz CT molecular complexity index is 989. The minimum atomic E-state index is -0.597. The van der Waals surface area contributed by atoms with Crippen molar-refractivity contribution in [1.29, 1.82) is 0 Å². The van der Waals surface area contributed by atoms with E-state index in [-0.39, 0.29) is 18.0 Å². The quantitative estimate of drug-likeness (QED) is 0.333. The third-order valence-corrected chi connectivity index (χ3v) is 4.26. The smallest absolute Gasteiger partial charge is 0.359 e. The van der Waals surface area contributed by atoms with Crippen LogP contribution in [0.2, 0.25) is 0 Å². The Morgan fingerprint density at radius 3 is 2.33 bits per heavy atom. The first kappa shape index (κ1) is 18.7. The zero-order chi connectivity index (χ0) is 19.4. The molecule has 1 aromatic heterocycles. The van der Waals surface area contributed by atoms with Gasteiger partial charge in [0, 0.05) is 27.7 Å². The number of carbonyl (C=O) groups is 1. The lowest BCUT2D eigenvalue weighted by molar-refractivity contribution is -0.384. The molecule has 7 nitrogen and oxygen atoms in total. The van der Waals surface area contributed by atoms with Gasteiger partial charge in [0.15, 0.2) is 5.69 Å². The van der Waals surface area contributed by atoms with E-state index in [4.69, 9.17) is 4.74 Å². The fourth-order valence-corrected chi connectivity index (χ4v) is 2.70. The summed E-state index contributed by atoms with van der Waals surface area (Å²) < 4.78 is 5.99. The summed E-state index contributed by atoms with van der Waals surface area (Å²) in [5.74, 6) is -0.597. The molecule has 0 atom stereocenters. The summed E-state index contributed by atoms with van der Waals surface area (Å²) in [5.41, 5.74) is 2.26. The number of rotatable bonds is 5. The van der Waals surface area contributed by atoms with Crippen LogP contribution in [-0.2, 0) is 4.74 Å². The van der Waals surface area contributed by atoms with Crippen molar-refractivity contribution in [1.82, 2.24) is 9.97 Å². The van der Waals surface area contributed by atoms with Crippen molar-refractivity contribution in [3.05, 3.63) is 75.0 Å². The van der Waals surface area contributed by atoms with Crippen molar-refractivity contribution in [3.8, 4) is 22.5 Å². The molecule has 2 aromatic carbocycles. The van der Waals surface area contributed by atoms with E-state index in [1.807, 2.05) is 24.3 Å². The highest BCUT2D eigenvalue weighted by molar-refractivity contribution is 9.10. The molecule has 0 unspecified atom stereocenters. The Hall–Kier alpha value is -3.13. The van der Waals surface area contributed by atoms with Crippen molar-refractivity contribution in [2.75, 3.05) is 6.61 Å². The highest BCUT2D eigenvalue weighted by Crippen LogP contribution is 2.27. The topological polar surface area (TPSA) is 95.2 Å². The molecular weight excluding hydrogens is 414 g/mol. The van der Waals surface area contributed by atoms with Crippen LogP contribution in [0.4, 0.5) is 5.69 Å². The number of ether oxygens (including phenoxy) is 1. The van der Waals surface area contributed by atoms with Gasteiger partial charge in [-0.3, -0.25) is 10.1 Å². The molecule has 0 aliphatic carbocycles. The van der Waals surface area contributed by atoms with Gasteiger partial charge in [0.25, 0.3) is 5.69 Å². The standard InChI is InChI=1S/C19H14BrN3O4/c1-2-27-19(24)18-17(13-5-9-15(10-6-13)23(25)26)22-16(11-21-18)12-3-7-14(20)8-4-12/h3-11H,2H2,1H3. The van der Waals surface area contributed by atoms with E-state index < -0.39 is 10.9 Å². The molecule has 0 amide bonds. The molecule has 3 aromatic rings. The van der Waals surface area contributed by atoms with E-state index in [1.165, 1.54) is 30.5 Å². The predicted octanol–water partition coefficient (Wildman–Crippen LogP) is 4.66. The molecule has 0 N–H and O–H groups in total. The summed E-state index contributed by atoms with van der Waals surface area (Å²) in [6.07, 6.45) is 1.50. The number of carbonyl (C=O) groups excluding carboxylic acids is 1. The highest BCUT2D eigenvalue weighted by Gasteiger charge is 2.19. The van der Waals surface area contributed by atoms with Gasteiger partial charge in [-0.25, -0.2) is 14.8 Å². The molecular formula is C19H14BrN3O4. The Morgan fingerprint density at radius 1 is 1.11 bits per heavy atom. The number of esters is 1. The number of benzene rings is 2. The normalized spacial score (nSPS) is 10.4. The van der Waals surface area contributed by atoms with Crippen LogP contribution in [0.5, 0.6) is 0 Å². The SMILES string of the molecule is CCOC(=O)c1ncc(-c2ccc(Br)cc2)nc1-c1ccc([N+](=O)[O-])cc1. The lowest BCUT2D eigenvalue weighted by Gasteiger charge is -2.10. The number of nitro benzene ring substituents is 1. The van der Waals surface area contributed by atoms with Crippen molar-refractivity contribution in [2.45, 2.75) is 6.92 Å². The largest absolute Gasteiger partial charge is 0.461 e. The molecule has 3 rings (SSSR count). The van der Waals surface area contributed by atoms with Gasteiger partial charge < -0.3 is 4.74 Å². The Morgan fingerprint density at radius 2 is 1.74 bits per heavy atom. The van der Waals surface area contributed by atoms with Gasteiger partial charge in [-0.05, 0) is 31.2 Å². The third-order valence-electron chi connectivity index (χ3n) is 3.73. The Kier molecular flexibility index (Phi) is 5.56. The van der Waals surface area contributed by atoms with Crippen LogP contribution >= 0.6 is 15.9 Å². The second-order valence-electron chi connectivity index (χ2n) is 5.48. The van der Waals surface area contributed by atoms with E-state index in [2.05, 4.69) is 25.9 Å². The van der Waals surface area contributed by atoms with Gasteiger partial charge in [-0.15, -0.1) is 0 Å². The maximum absolute atomic E-state index is 12.3. The number of hydrogen-bond donors (Lipinski definition) is 0. The first-order valence-corrected chi connectivity index (χ1v) is 8.84. The van der Waals surface area contributed by atoms with E-state index in [0.29, 0.717) is 17.0 Å². The van der Waals surface area contributed by atoms with Crippen LogP contribution in [0.25, 0.3) is 22.5 Å². The second kappa shape index (κ2) is 8.05. The van der Waals surface area contributed by atoms with Gasteiger partial charge in [-0.1, -0.05) is 28.1 Å². The molecule has 0 fully saturated rings. The van der Waals surface area contributed by atoms with Gasteiger partial charge in [0.1, 0.15) is 5.69 Å². The van der Waals surface area contributed by atoms with E-state index in [9.17, 15) is 14.9 Å². The van der Waals surface area contributed by atoms with Crippen molar-refractivity contribution >= 4 is 27.6 Å². The molecule has 0 radical (unpaired) electrons. The average Bonchev–Trinajstić information content (AvgIpc) is 2.68. The molecule has 0 spiro atoms. The third kappa shape index (κ3) is 4.17. The van der Waals surface area contributed by atoms with Crippen molar-refractivity contribution < 1.29 is 14.5 Å². The van der Waals surface area contributed by atoms with Crippen LogP contribution < -0.4 is 0 Å². The van der Waals surface area contributed by atoms with Crippen LogP contribution in [0.15, 0.2) is 59.2 Å². The molecule has 0 saturated carbocycles. The van der Waals surface area contributed by atoms with Crippen LogP contribution in [0, 0.1) is 10.1 Å². The van der Waals surface area contributed by atoms with Gasteiger partial charge in [-0.2, -0.15) is 0 Å². The van der Waals surface area contributed by atoms with E-state index in [1.54, 1.807) is 6.92 Å². The summed E-state index contributed by atoms with van der Waals surface area (Å²) in [6.45, 7) is 1.90. The van der Waals surface area contributed by atoms with Crippen LogP contribution in [-0.4, -0.2) is 27.5 Å². The van der Waals surface area contributed by atoms with Gasteiger partial charge >= 0.3 is 5.97 Å². The maximum Gasteiger partial charge on any atom is 0.359 e. The second-order valence-corrected chi connectivity index (χ2v) is 6.40. The van der Waals surface area contributed by atoms with Crippen molar-refractivity contribution in [3.63, 3.8) is 0 Å². The molecule has 0 saturated heterocycles. The monoisotopic (exact) mass is 427 g/mol. The molecule has 8 heteroatoms. The molecule has 0 bridgehead atoms. The number of halogens is 1. The lowest BCUT2D eigenvalue weighted by Crippen LogP contribution is -2.10. The lowest BCUT2D eigenvalue weighted by atomic mass is 10.1. The highest BCUT2D eigenvalue weighted by atomic mass is 79.9. The number of hydrogen-bond acceptors (Lipinski definition) is 6. The summed E-state index contributed by atoms with van der Waals surface area (Å²) >= 11 is 3.38. The molecule has 27 heavy (non-hydrogen) atoms. The number of aromatic nitrogens is 2. The number of nitrogens with zero attached hydrogens (tertiary/aromatic N) is 3. The van der Waals surface area contributed by atoms with E-state index in [0.717, 1.165) is 10.0 Å². The predicted molar refractivity (Wildman–Crippen MR) is 103 cm³/mol. The summed E-state index contributed by atoms with van der Waals surface area (Å²) in [7, 11) is 0. The minimum absolute atomic E-state index is 0.0477. The van der Waals surface area contributed by atoms with Crippen LogP contribution in [0.1, 0.15) is 17.4 Å². The molecule has 0 aliphatic rings. The van der Waals surface area contributed by atoms with Gasteiger partial charge in [0.2, 0.25) is 0 Å². The summed E-state index contributed by atoms with van der Waals surface area (Å²) in [6, 6.07) is 13.3. The fourth-order valence-electron chi connectivity index (χ4n) is 2.44. The Balaban J connectivity index is 2.11. The van der Waals surface area contributed by atoms with Crippen molar-refractivity contribution in [2.24, 2.45) is 0 Å². The fraction of sp³-hybridized carbons (Fsp3) is 0.105. The number of non-ortho nitro benzene ring substituents is 1. The molecule has 1 heterocycles.